The number of carbonyl (C=O) groups is 2. The van der Waals surface area contributed by atoms with Crippen molar-refractivity contribution in [2.45, 2.75) is 39.7 Å². The summed E-state index contributed by atoms with van der Waals surface area (Å²) in [7, 11) is 0. The summed E-state index contributed by atoms with van der Waals surface area (Å²) in [6, 6.07) is 7.54. The van der Waals surface area contributed by atoms with E-state index in [-0.39, 0.29) is 11.8 Å². The molecular formula is C19H28N3O2+. The molecule has 1 unspecified atom stereocenters. The van der Waals surface area contributed by atoms with Gasteiger partial charge in [-0.1, -0.05) is 26.0 Å². The average molecular weight is 330 g/mol. The van der Waals surface area contributed by atoms with Crippen LogP contribution < -0.4 is 15.1 Å². The Morgan fingerprint density at radius 2 is 1.88 bits per heavy atom. The average Bonchev–Trinajstić information content (AvgIpc) is 2.46. The molecule has 5 nitrogen and oxygen atoms in total. The standard InChI is InChI=1S/C19H27N3O2/c1-13-9-14(2)11-21(10-13)12-17(23)22-16-8-6-5-7-15(16)20-18(24)19(22,3)4/h5-8,13-14H,9-12H2,1-4H3,(H,20,24)/p+1/t13-,14+. The van der Waals surface area contributed by atoms with Crippen LogP contribution in [0, 0.1) is 11.8 Å². The lowest BCUT2D eigenvalue weighted by atomic mass is 9.91. The number of nitrogens with zero attached hydrogens (tertiary/aromatic N) is 1. The third kappa shape index (κ3) is 3.05. The minimum Gasteiger partial charge on any atom is -0.327 e. The second-order valence-corrected chi connectivity index (χ2v) is 8.04. The van der Waals surface area contributed by atoms with Crippen molar-refractivity contribution in [3.63, 3.8) is 0 Å². The molecular weight excluding hydrogens is 302 g/mol. The number of fused-ring (bicyclic) bond motifs is 1. The van der Waals surface area contributed by atoms with Crippen LogP contribution in [0.1, 0.15) is 34.1 Å². The lowest BCUT2D eigenvalue weighted by Gasteiger charge is -2.42. The van der Waals surface area contributed by atoms with Crippen LogP contribution in [0.15, 0.2) is 24.3 Å². The Kier molecular flexibility index (Phi) is 4.38. The van der Waals surface area contributed by atoms with Gasteiger partial charge in [-0.3, -0.25) is 14.5 Å². The molecule has 0 bridgehead atoms. The highest BCUT2D eigenvalue weighted by Gasteiger charge is 2.44. The largest absolute Gasteiger partial charge is 0.327 e. The second-order valence-electron chi connectivity index (χ2n) is 8.04. The summed E-state index contributed by atoms with van der Waals surface area (Å²) in [5.74, 6) is 1.17. The van der Waals surface area contributed by atoms with Crippen LogP contribution in [-0.2, 0) is 9.59 Å². The first-order chi connectivity index (χ1) is 11.3. The number of amides is 2. The second kappa shape index (κ2) is 6.20. The van der Waals surface area contributed by atoms with Crippen LogP contribution in [0.4, 0.5) is 11.4 Å². The van der Waals surface area contributed by atoms with Crippen molar-refractivity contribution in [3.05, 3.63) is 24.3 Å². The fourth-order valence-corrected chi connectivity index (χ4v) is 4.26. The predicted molar refractivity (Wildman–Crippen MR) is 95.1 cm³/mol. The number of quaternary nitrogens is 1. The van der Waals surface area contributed by atoms with E-state index in [2.05, 4.69) is 19.2 Å². The highest BCUT2D eigenvalue weighted by molar-refractivity contribution is 6.14. The number of piperidine rings is 1. The van der Waals surface area contributed by atoms with Gasteiger partial charge in [-0.15, -0.1) is 0 Å². The van der Waals surface area contributed by atoms with Gasteiger partial charge in [0.05, 0.1) is 24.5 Å². The minimum absolute atomic E-state index is 0.0265. The molecule has 24 heavy (non-hydrogen) atoms. The Bertz CT molecular complexity index is 646. The molecule has 5 heteroatoms. The van der Waals surface area contributed by atoms with E-state index in [0.29, 0.717) is 24.1 Å². The maximum absolute atomic E-state index is 13.1. The van der Waals surface area contributed by atoms with Gasteiger partial charge < -0.3 is 10.2 Å². The fourth-order valence-electron chi connectivity index (χ4n) is 4.26. The SMILES string of the molecule is C[C@@H]1C[C@H](C)C[NH+](CC(=O)N2c3ccccc3NC(=O)C2(C)C)C1. The number of anilines is 2. The van der Waals surface area contributed by atoms with Gasteiger partial charge in [-0.05, 0) is 32.4 Å². The highest BCUT2D eigenvalue weighted by Crippen LogP contribution is 2.36. The molecule has 2 aliphatic heterocycles. The van der Waals surface area contributed by atoms with Crippen molar-refractivity contribution >= 4 is 23.2 Å². The number of likely N-dealkylation sites (tertiary alicyclic amines) is 1. The number of benzene rings is 1. The first-order valence-corrected chi connectivity index (χ1v) is 8.86. The molecule has 1 fully saturated rings. The highest BCUT2D eigenvalue weighted by atomic mass is 16.2. The molecule has 2 amide bonds. The molecule has 2 N–H and O–H groups in total. The van der Waals surface area contributed by atoms with Crippen molar-refractivity contribution in [1.82, 2.24) is 0 Å². The Morgan fingerprint density at radius 1 is 1.25 bits per heavy atom. The number of rotatable bonds is 2. The van der Waals surface area contributed by atoms with Gasteiger partial charge >= 0.3 is 0 Å². The fraction of sp³-hybridized carbons (Fsp3) is 0.579. The quantitative estimate of drug-likeness (QED) is 0.859. The lowest BCUT2D eigenvalue weighted by molar-refractivity contribution is -0.904. The first-order valence-electron chi connectivity index (χ1n) is 8.86. The van der Waals surface area contributed by atoms with E-state index in [1.54, 1.807) is 4.90 Å². The van der Waals surface area contributed by atoms with Crippen molar-refractivity contribution in [1.29, 1.82) is 0 Å². The molecule has 130 valence electrons. The normalized spacial score (nSPS) is 28.9. The van der Waals surface area contributed by atoms with E-state index in [1.165, 1.54) is 11.3 Å². The third-order valence-electron chi connectivity index (χ3n) is 5.24. The molecule has 1 aromatic rings. The molecule has 0 aromatic heterocycles. The van der Waals surface area contributed by atoms with Crippen LogP contribution in [-0.4, -0.2) is 37.0 Å². The molecule has 0 spiro atoms. The Hall–Kier alpha value is -1.88. The zero-order chi connectivity index (χ0) is 17.5. The Morgan fingerprint density at radius 3 is 2.54 bits per heavy atom. The molecule has 0 aliphatic carbocycles. The van der Waals surface area contributed by atoms with Crippen LogP contribution in [0.5, 0.6) is 0 Å². The van der Waals surface area contributed by atoms with Gasteiger partial charge in [0, 0.05) is 11.8 Å². The van der Waals surface area contributed by atoms with Crippen molar-refractivity contribution in [2.75, 3.05) is 29.9 Å². The minimum atomic E-state index is -0.877. The van der Waals surface area contributed by atoms with E-state index in [4.69, 9.17) is 0 Å². The summed E-state index contributed by atoms with van der Waals surface area (Å²) < 4.78 is 0. The molecule has 0 saturated carbocycles. The van der Waals surface area contributed by atoms with Gasteiger partial charge in [0.25, 0.3) is 5.91 Å². The van der Waals surface area contributed by atoms with Gasteiger partial charge in [0.1, 0.15) is 5.54 Å². The van der Waals surface area contributed by atoms with E-state index >= 15 is 0 Å². The molecule has 2 heterocycles. The molecule has 1 saturated heterocycles. The van der Waals surface area contributed by atoms with Crippen LogP contribution in [0.25, 0.3) is 0 Å². The van der Waals surface area contributed by atoms with Gasteiger partial charge in [-0.2, -0.15) is 0 Å². The molecule has 0 radical (unpaired) electrons. The maximum Gasteiger partial charge on any atom is 0.283 e. The third-order valence-corrected chi connectivity index (χ3v) is 5.24. The summed E-state index contributed by atoms with van der Waals surface area (Å²) in [5.41, 5.74) is 0.632. The van der Waals surface area contributed by atoms with E-state index in [1.807, 2.05) is 38.1 Å². The van der Waals surface area contributed by atoms with E-state index in [9.17, 15) is 9.59 Å². The number of hydrogen-bond donors (Lipinski definition) is 2. The van der Waals surface area contributed by atoms with Crippen molar-refractivity contribution in [2.24, 2.45) is 11.8 Å². The smallest absolute Gasteiger partial charge is 0.283 e. The summed E-state index contributed by atoms with van der Waals surface area (Å²) in [6.45, 7) is 10.6. The Labute approximate surface area is 144 Å². The lowest BCUT2D eigenvalue weighted by Crippen LogP contribution is -3.15. The van der Waals surface area contributed by atoms with Crippen LogP contribution >= 0.6 is 0 Å². The van der Waals surface area contributed by atoms with Crippen LogP contribution in [0.2, 0.25) is 0 Å². The predicted octanol–water partition coefficient (Wildman–Crippen LogP) is 1.31. The number of carbonyl (C=O) groups excluding carboxylic acids is 2. The molecule has 1 aromatic carbocycles. The first kappa shape index (κ1) is 17.0. The number of para-hydroxylation sites is 2. The summed E-state index contributed by atoms with van der Waals surface area (Å²) in [4.78, 5) is 28.6. The molecule has 3 rings (SSSR count). The summed E-state index contributed by atoms with van der Waals surface area (Å²) >= 11 is 0. The summed E-state index contributed by atoms with van der Waals surface area (Å²) in [5, 5.41) is 2.91. The van der Waals surface area contributed by atoms with E-state index in [0.717, 1.165) is 18.8 Å². The monoisotopic (exact) mass is 330 g/mol. The van der Waals surface area contributed by atoms with Gasteiger partial charge in [0.2, 0.25) is 5.91 Å². The van der Waals surface area contributed by atoms with Gasteiger partial charge in [0.15, 0.2) is 6.54 Å². The van der Waals surface area contributed by atoms with E-state index < -0.39 is 5.54 Å². The molecule has 2 aliphatic rings. The maximum atomic E-state index is 13.1. The van der Waals surface area contributed by atoms with Crippen molar-refractivity contribution < 1.29 is 14.5 Å². The number of hydrogen-bond acceptors (Lipinski definition) is 2. The van der Waals surface area contributed by atoms with Gasteiger partial charge in [-0.25, -0.2) is 0 Å². The Balaban J connectivity index is 1.86. The molecule has 3 atom stereocenters. The number of nitrogens with one attached hydrogen (secondary N) is 2. The van der Waals surface area contributed by atoms with Crippen LogP contribution in [0.3, 0.4) is 0 Å². The van der Waals surface area contributed by atoms with Crippen molar-refractivity contribution in [3.8, 4) is 0 Å². The zero-order valence-electron chi connectivity index (χ0n) is 15.1. The summed E-state index contributed by atoms with van der Waals surface area (Å²) in [6.07, 6.45) is 1.23. The topological polar surface area (TPSA) is 53.9 Å². The zero-order valence-corrected chi connectivity index (χ0v) is 15.1.